The maximum atomic E-state index is 14.1. The average molecular weight is 507 g/mol. The summed E-state index contributed by atoms with van der Waals surface area (Å²) in [5.41, 5.74) is 0.237. The highest BCUT2D eigenvalue weighted by Crippen LogP contribution is 2.33. The SMILES string of the molecule is CCCC(=O)NC(=S)Nc1ccc(N2CCN(c3c(F)c(F)c(F)c(F)c3F)CC2)c(Cl)c1. The molecule has 1 aliphatic heterocycles. The minimum absolute atomic E-state index is 0.0161. The van der Waals surface area contributed by atoms with Crippen molar-refractivity contribution in [2.24, 2.45) is 0 Å². The van der Waals surface area contributed by atoms with Gasteiger partial charge in [-0.25, -0.2) is 22.0 Å². The van der Waals surface area contributed by atoms with Gasteiger partial charge in [0.15, 0.2) is 28.4 Å². The summed E-state index contributed by atoms with van der Waals surface area (Å²) in [4.78, 5) is 14.6. The van der Waals surface area contributed by atoms with Crippen molar-refractivity contribution in [1.29, 1.82) is 0 Å². The van der Waals surface area contributed by atoms with Crippen LogP contribution in [0.3, 0.4) is 0 Å². The summed E-state index contributed by atoms with van der Waals surface area (Å²) in [5.74, 6) is -10.0. The van der Waals surface area contributed by atoms with E-state index in [1.165, 1.54) is 0 Å². The lowest BCUT2D eigenvalue weighted by Crippen LogP contribution is -2.47. The molecule has 1 aliphatic rings. The number of carbonyl (C=O) groups excluding carboxylic acids is 1. The highest BCUT2D eigenvalue weighted by Gasteiger charge is 2.31. The summed E-state index contributed by atoms with van der Waals surface area (Å²) < 4.78 is 68.6. The van der Waals surface area contributed by atoms with Crippen LogP contribution in [0.4, 0.5) is 39.0 Å². The Hall–Kier alpha value is -2.66. The van der Waals surface area contributed by atoms with Gasteiger partial charge in [0, 0.05) is 38.3 Å². The zero-order valence-corrected chi connectivity index (χ0v) is 19.0. The molecule has 2 aromatic carbocycles. The normalized spacial score (nSPS) is 13.8. The van der Waals surface area contributed by atoms with Crippen molar-refractivity contribution in [1.82, 2.24) is 5.32 Å². The zero-order valence-electron chi connectivity index (χ0n) is 17.5. The Kier molecular flexibility index (Phi) is 7.96. The molecule has 2 aromatic rings. The number of benzene rings is 2. The van der Waals surface area contributed by atoms with Crippen molar-refractivity contribution < 1.29 is 26.7 Å². The van der Waals surface area contributed by atoms with E-state index >= 15 is 0 Å². The predicted molar refractivity (Wildman–Crippen MR) is 121 cm³/mol. The van der Waals surface area contributed by atoms with E-state index in [9.17, 15) is 26.7 Å². The van der Waals surface area contributed by atoms with Gasteiger partial charge < -0.3 is 20.4 Å². The van der Waals surface area contributed by atoms with E-state index in [4.69, 9.17) is 23.8 Å². The summed E-state index contributed by atoms with van der Waals surface area (Å²) in [6.45, 7) is 2.37. The van der Waals surface area contributed by atoms with Gasteiger partial charge in [0.25, 0.3) is 0 Å². The molecule has 0 bridgehead atoms. The van der Waals surface area contributed by atoms with Crippen molar-refractivity contribution in [2.45, 2.75) is 19.8 Å². The molecule has 0 atom stereocenters. The second-order valence-corrected chi connectivity index (χ2v) is 8.13. The van der Waals surface area contributed by atoms with E-state index in [1.807, 2.05) is 11.8 Å². The largest absolute Gasteiger partial charge is 0.367 e. The molecule has 0 unspecified atom stereocenters. The maximum Gasteiger partial charge on any atom is 0.226 e. The van der Waals surface area contributed by atoms with Crippen LogP contribution in [0, 0.1) is 29.1 Å². The number of amides is 1. The molecule has 0 radical (unpaired) electrons. The molecular formula is C21H20ClF5N4OS. The number of hydrogen-bond donors (Lipinski definition) is 2. The van der Waals surface area contributed by atoms with Gasteiger partial charge in [0.05, 0.1) is 10.7 Å². The van der Waals surface area contributed by atoms with Crippen molar-refractivity contribution in [3.8, 4) is 0 Å². The quantitative estimate of drug-likeness (QED) is 0.259. The van der Waals surface area contributed by atoms with Crippen LogP contribution in [0.1, 0.15) is 19.8 Å². The lowest BCUT2D eigenvalue weighted by molar-refractivity contribution is -0.119. The van der Waals surface area contributed by atoms with E-state index < -0.39 is 34.8 Å². The number of hydrogen-bond acceptors (Lipinski definition) is 4. The molecule has 1 amide bonds. The maximum absolute atomic E-state index is 14.1. The van der Waals surface area contributed by atoms with Crippen molar-refractivity contribution in [2.75, 3.05) is 41.3 Å². The van der Waals surface area contributed by atoms with Gasteiger partial charge in [0.2, 0.25) is 11.7 Å². The fourth-order valence-corrected chi connectivity index (χ4v) is 3.99. The minimum Gasteiger partial charge on any atom is -0.367 e. The Morgan fingerprint density at radius 3 is 2.06 bits per heavy atom. The smallest absolute Gasteiger partial charge is 0.226 e. The van der Waals surface area contributed by atoms with Gasteiger partial charge in [0.1, 0.15) is 5.69 Å². The second-order valence-electron chi connectivity index (χ2n) is 7.31. The minimum atomic E-state index is -2.18. The first-order chi connectivity index (χ1) is 15.6. The van der Waals surface area contributed by atoms with Gasteiger partial charge in [-0.15, -0.1) is 0 Å². The van der Waals surface area contributed by atoms with Crippen LogP contribution in [0.25, 0.3) is 0 Å². The Morgan fingerprint density at radius 1 is 0.970 bits per heavy atom. The third kappa shape index (κ3) is 5.47. The topological polar surface area (TPSA) is 47.6 Å². The summed E-state index contributed by atoms with van der Waals surface area (Å²) in [6.07, 6.45) is 1.03. The van der Waals surface area contributed by atoms with Crippen LogP contribution in [-0.4, -0.2) is 37.2 Å². The Bertz CT molecular complexity index is 1050. The molecule has 3 rings (SSSR count). The Morgan fingerprint density at radius 2 is 1.52 bits per heavy atom. The van der Waals surface area contributed by atoms with Gasteiger partial charge >= 0.3 is 0 Å². The van der Waals surface area contributed by atoms with Crippen LogP contribution in [-0.2, 0) is 4.79 Å². The molecule has 33 heavy (non-hydrogen) atoms. The van der Waals surface area contributed by atoms with Gasteiger partial charge in [-0.1, -0.05) is 18.5 Å². The van der Waals surface area contributed by atoms with E-state index in [0.29, 0.717) is 29.2 Å². The first-order valence-electron chi connectivity index (χ1n) is 10.1. The fourth-order valence-electron chi connectivity index (χ4n) is 3.46. The number of rotatable bonds is 5. The molecule has 0 saturated carbocycles. The van der Waals surface area contributed by atoms with Crippen LogP contribution in [0.5, 0.6) is 0 Å². The molecule has 178 valence electrons. The van der Waals surface area contributed by atoms with Crippen LogP contribution in [0.15, 0.2) is 18.2 Å². The van der Waals surface area contributed by atoms with Crippen molar-refractivity contribution in [3.63, 3.8) is 0 Å². The van der Waals surface area contributed by atoms with E-state index in [0.717, 1.165) is 4.90 Å². The number of halogens is 6. The average Bonchev–Trinajstić information content (AvgIpc) is 2.77. The number of anilines is 3. The molecule has 12 heteroatoms. The van der Waals surface area contributed by atoms with Gasteiger partial charge in [-0.05, 0) is 36.8 Å². The Balaban J connectivity index is 1.67. The van der Waals surface area contributed by atoms with Gasteiger partial charge in [-0.2, -0.15) is 0 Å². The first kappa shape index (κ1) is 25.0. The third-order valence-electron chi connectivity index (χ3n) is 5.06. The number of nitrogens with one attached hydrogen (secondary N) is 2. The third-order valence-corrected chi connectivity index (χ3v) is 5.57. The summed E-state index contributed by atoms with van der Waals surface area (Å²) >= 11 is 11.5. The standard InChI is InChI=1S/C21H20ClF5N4OS/c1-2-3-14(32)29-21(33)28-11-4-5-13(12(22)10-11)30-6-8-31(9-7-30)20-18(26)16(24)15(23)17(25)19(20)27/h4-5,10H,2-3,6-9H2,1H3,(H2,28,29,32,33). The second kappa shape index (κ2) is 10.5. The van der Waals surface area contributed by atoms with Crippen LogP contribution in [0.2, 0.25) is 5.02 Å². The molecule has 1 fully saturated rings. The van der Waals surface area contributed by atoms with Crippen LogP contribution >= 0.6 is 23.8 Å². The number of piperazine rings is 1. The van der Waals surface area contributed by atoms with E-state index in [-0.39, 0.29) is 37.2 Å². The van der Waals surface area contributed by atoms with Crippen molar-refractivity contribution in [3.05, 3.63) is 52.3 Å². The van der Waals surface area contributed by atoms with Gasteiger partial charge in [-0.3, -0.25) is 4.79 Å². The monoisotopic (exact) mass is 506 g/mol. The summed E-state index contributed by atoms with van der Waals surface area (Å²) in [6, 6.07) is 5.00. The zero-order chi connectivity index (χ0) is 24.3. The molecule has 2 N–H and O–H groups in total. The Labute approximate surface area is 197 Å². The fraction of sp³-hybridized carbons (Fsp3) is 0.333. The number of thiocarbonyl (C=S) groups is 1. The molecule has 0 aromatic heterocycles. The van der Waals surface area contributed by atoms with Crippen LogP contribution < -0.4 is 20.4 Å². The lowest BCUT2D eigenvalue weighted by Gasteiger charge is -2.38. The summed E-state index contributed by atoms with van der Waals surface area (Å²) in [7, 11) is 0. The molecular weight excluding hydrogens is 487 g/mol. The van der Waals surface area contributed by atoms with Crippen molar-refractivity contribution >= 4 is 51.9 Å². The highest BCUT2D eigenvalue weighted by molar-refractivity contribution is 7.80. The van der Waals surface area contributed by atoms with E-state index in [2.05, 4.69) is 10.6 Å². The summed E-state index contributed by atoms with van der Waals surface area (Å²) in [5, 5.41) is 5.90. The predicted octanol–water partition coefficient (Wildman–Crippen LogP) is 4.98. The molecule has 1 saturated heterocycles. The molecule has 0 aliphatic carbocycles. The first-order valence-corrected chi connectivity index (χ1v) is 10.8. The molecule has 1 heterocycles. The number of nitrogens with zero attached hydrogens (tertiary/aromatic N) is 2. The molecule has 5 nitrogen and oxygen atoms in total. The lowest BCUT2D eigenvalue weighted by atomic mass is 10.2. The van der Waals surface area contributed by atoms with E-state index in [1.54, 1.807) is 18.2 Å². The number of carbonyl (C=O) groups is 1. The highest BCUT2D eigenvalue weighted by atomic mass is 35.5. The molecule has 0 spiro atoms.